The largest absolute Gasteiger partial charge is 0.497 e. The van der Waals surface area contributed by atoms with E-state index < -0.39 is 11.9 Å². The highest BCUT2D eigenvalue weighted by atomic mass is 16.5. The fourth-order valence-corrected chi connectivity index (χ4v) is 4.16. The first kappa shape index (κ1) is 22.3. The van der Waals surface area contributed by atoms with Crippen LogP contribution in [0, 0.1) is 5.92 Å². The van der Waals surface area contributed by atoms with Gasteiger partial charge in [0.05, 0.1) is 7.11 Å². The van der Waals surface area contributed by atoms with E-state index in [0.29, 0.717) is 23.0 Å². The van der Waals surface area contributed by atoms with E-state index in [1.807, 2.05) is 42.5 Å². The molecule has 3 aromatic rings. The summed E-state index contributed by atoms with van der Waals surface area (Å²) < 4.78 is 10.6. The van der Waals surface area contributed by atoms with Crippen molar-refractivity contribution in [3.63, 3.8) is 0 Å². The number of amides is 1. The highest BCUT2D eigenvalue weighted by Gasteiger charge is 2.24. The minimum absolute atomic E-state index is 0.0993. The summed E-state index contributed by atoms with van der Waals surface area (Å²) in [7, 11) is 1.58. The molecule has 1 aliphatic carbocycles. The number of hydrogen-bond donors (Lipinski definition) is 3. The summed E-state index contributed by atoms with van der Waals surface area (Å²) >= 11 is 0. The third-order valence-electron chi connectivity index (χ3n) is 5.89. The number of carboxylic acids is 1. The molecular weight excluding hydrogens is 424 g/mol. The van der Waals surface area contributed by atoms with Gasteiger partial charge in [-0.25, -0.2) is 0 Å². The molecule has 4 rings (SSSR count). The van der Waals surface area contributed by atoms with Crippen molar-refractivity contribution in [2.75, 3.05) is 17.7 Å². The second kappa shape index (κ2) is 10.2. The second-order valence-electron chi connectivity index (χ2n) is 8.16. The molecule has 0 unspecified atom stereocenters. The lowest BCUT2D eigenvalue weighted by Gasteiger charge is -2.28. The summed E-state index contributed by atoms with van der Waals surface area (Å²) in [4.78, 5) is 23.4. The number of methoxy groups -OCH3 is 1. The second-order valence-corrected chi connectivity index (χ2v) is 8.16. The van der Waals surface area contributed by atoms with Gasteiger partial charge in [0.15, 0.2) is 0 Å². The number of aliphatic carboxylic acids is 1. The molecule has 33 heavy (non-hydrogen) atoms. The van der Waals surface area contributed by atoms with Gasteiger partial charge in [0.25, 0.3) is 0 Å². The van der Waals surface area contributed by atoms with Crippen LogP contribution in [0.2, 0.25) is 0 Å². The Labute approximate surface area is 191 Å². The van der Waals surface area contributed by atoms with E-state index in [-0.39, 0.29) is 24.2 Å². The highest BCUT2D eigenvalue weighted by molar-refractivity contribution is 6.00. The lowest BCUT2D eigenvalue weighted by atomic mass is 9.77. The van der Waals surface area contributed by atoms with Crippen molar-refractivity contribution in [3.05, 3.63) is 60.0 Å². The van der Waals surface area contributed by atoms with Gasteiger partial charge in [0.2, 0.25) is 0 Å². The summed E-state index contributed by atoms with van der Waals surface area (Å²) in [5, 5.41) is 22.3. The number of nitrogens with zero attached hydrogens (tertiary/aromatic N) is 2. The molecule has 3 N–H and O–H groups in total. The van der Waals surface area contributed by atoms with E-state index in [1.54, 1.807) is 13.2 Å². The average Bonchev–Trinajstić information content (AvgIpc) is 3.28. The predicted octanol–water partition coefficient (Wildman–Crippen LogP) is 4.82. The smallest absolute Gasteiger partial charge is 0.320 e. The molecule has 0 radical (unpaired) electrons. The molecule has 0 bridgehead atoms. The molecular formula is C24H26N4O5. The molecule has 1 heterocycles. The van der Waals surface area contributed by atoms with Gasteiger partial charge in [0, 0.05) is 23.9 Å². The number of benzene rings is 2. The molecule has 0 aliphatic heterocycles. The van der Waals surface area contributed by atoms with Gasteiger partial charge < -0.3 is 24.9 Å². The summed E-state index contributed by atoms with van der Waals surface area (Å²) in [6.45, 7) is 0. The van der Waals surface area contributed by atoms with E-state index in [1.165, 1.54) is 5.56 Å². The van der Waals surface area contributed by atoms with Gasteiger partial charge in [-0.3, -0.25) is 9.59 Å². The van der Waals surface area contributed by atoms with Gasteiger partial charge in [-0.1, -0.05) is 23.3 Å². The maximum atomic E-state index is 12.5. The van der Waals surface area contributed by atoms with Gasteiger partial charge in [-0.15, -0.1) is 5.10 Å². The lowest BCUT2D eigenvalue weighted by molar-refractivity contribution is -0.138. The number of aromatic nitrogens is 2. The quantitative estimate of drug-likeness (QED) is 0.446. The molecule has 0 spiro atoms. The standard InChI is InChI=1S/C24H26N4O5/c1-32-20-4-2-3-19(14-20)26-24-28-27-23(33-24)22(31)25-18-11-9-17(10-12-18)16-7-5-15(6-8-16)13-21(29)30/h2-4,9-12,14-16H,5-8,13H2,1H3,(H,25,31)(H,26,28)(H,29,30)/t15-,16-. The zero-order valence-electron chi connectivity index (χ0n) is 18.3. The number of hydrogen-bond acceptors (Lipinski definition) is 7. The third-order valence-corrected chi connectivity index (χ3v) is 5.89. The molecule has 1 saturated carbocycles. The van der Waals surface area contributed by atoms with Gasteiger partial charge >= 0.3 is 23.8 Å². The Hall–Kier alpha value is -3.88. The number of anilines is 3. The molecule has 1 aliphatic rings. The van der Waals surface area contributed by atoms with Crippen LogP contribution in [0.4, 0.5) is 17.4 Å². The van der Waals surface area contributed by atoms with E-state index in [9.17, 15) is 9.59 Å². The zero-order valence-corrected chi connectivity index (χ0v) is 18.3. The molecule has 2 aromatic carbocycles. The monoisotopic (exact) mass is 450 g/mol. The minimum Gasteiger partial charge on any atom is -0.497 e. The lowest BCUT2D eigenvalue weighted by Crippen LogP contribution is -2.16. The Morgan fingerprint density at radius 3 is 2.52 bits per heavy atom. The SMILES string of the molecule is COc1cccc(Nc2nnc(C(=O)Nc3ccc([C@H]4CC[C@H](CC(=O)O)CC4)cc3)o2)c1. The number of rotatable bonds is 8. The van der Waals surface area contributed by atoms with E-state index in [2.05, 4.69) is 20.8 Å². The van der Waals surface area contributed by atoms with Gasteiger partial charge in [-0.05, 0) is 67.3 Å². The van der Waals surface area contributed by atoms with E-state index >= 15 is 0 Å². The van der Waals surface area contributed by atoms with Crippen LogP contribution in [0.15, 0.2) is 52.9 Å². The normalized spacial score (nSPS) is 17.8. The Kier molecular flexibility index (Phi) is 6.87. The molecule has 9 heteroatoms. The van der Waals surface area contributed by atoms with Crippen molar-refractivity contribution in [2.24, 2.45) is 5.92 Å². The van der Waals surface area contributed by atoms with E-state index in [4.69, 9.17) is 14.3 Å². The molecule has 1 aromatic heterocycles. The number of nitrogens with one attached hydrogen (secondary N) is 2. The Morgan fingerprint density at radius 1 is 1.06 bits per heavy atom. The summed E-state index contributed by atoms with van der Waals surface area (Å²) in [6, 6.07) is 15.0. The fourth-order valence-electron chi connectivity index (χ4n) is 4.16. The van der Waals surface area contributed by atoms with Crippen molar-refractivity contribution in [2.45, 2.75) is 38.0 Å². The maximum absolute atomic E-state index is 12.5. The zero-order chi connectivity index (χ0) is 23.2. The summed E-state index contributed by atoms with van der Waals surface area (Å²) in [5.74, 6) is -0.00225. The number of carbonyl (C=O) groups excluding carboxylic acids is 1. The molecule has 9 nitrogen and oxygen atoms in total. The Morgan fingerprint density at radius 2 is 1.82 bits per heavy atom. The molecule has 0 saturated heterocycles. The van der Waals surface area contributed by atoms with Crippen molar-refractivity contribution in [1.29, 1.82) is 0 Å². The molecule has 172 valence electrons. The minimum atomic E-state index is -0.719. The van der Waals surface area contributed by atoms with Crippen LogP contribution in [-0.4, -0.2) is 34.3 Å². The van der Waals surface area contributed by atoms with Crippen LogP contribution >= 0.6 is 0 Å². The summed E-state index contributed by atoms with van der Waals surface area (Å²) in [5.41, 5.74) is 2.52. The average molecular weight is 450 g/mol. The Bertz CT molecular complexity index is 1100. The Balaban J connectivity index is 1.31. The number of carbonyl (C=O) groups is 2. The van der Waals surface area contributed by atoms with Crippen LogP contribution in [0.1, 0.15) is 54.3 Å². The first-order valence-electron chi connectivity index (χ1n) is 10.9. The van der Waals surface area contributed by atoms with Gasteiger partial charge in [-0.2, -0.15) is 0 Å². The summed E-state index contributed by atoms with van der Waals surface area (Å²) in [6.07, 6.45) is 4.07. The topological polar surface area (TPSA) is 127 Å². The third kappa shape index (κ3) is 5.88. The van der Waals surface area contributed by atoms with Crippen molar-refractivity contribution < 1.29 is 23.8 Å². The molecule has 1 fully saturated rings. The van der Waals surface area contributed by atoms with Crippen LogP contribution in [-0.2, 0) is 4.79 Å². The van der Waals surface area contributed by atoms with Crippen LogP contribution in [0.25, 0.3) is 0 Å². The number of ether oxygens (including phenoxy) is 1. The molecule has 0 atom stereocenters. The van der Waals surface area contributed by atoms with Crippen molar-refractivity contribution in [3.8, 4) is 5.75 Å². The predicted molar refractivity (Wildman–Crippen MR) is 122 cm³/mol. The van der Waals surface area contributed by atoms with Gasteiger partial charge in [0.1, 0.15) is 5.75 Å². The number of carboxylic acid groups (broad SMARTS) is 1. The van der Waals surface area contributed by atoms with Crippen molar-refractivity contribution >= 4 is 29.3 Å². The van der Waals surface area contributed by atoms with Crippen LogP contribution < -0.4 is 15.4 Å². The highest BCUT2D eigenvalue weighted by Crippen LogP contribution is 2.37. The maximum Gasteiger partial charge on any atom is 0.320 e. The molecule has 1 amide bonds. The van der Waals surface area contributed by atoms with Crippen LogP contribution in [0.3, 0.4) is 0 Å². The first-order valence-corrected chi connectivity index (χ1v) is 10.9. The van der Waals surface area contributed by atoms with Crippen molar-refractivity contribution in [1.82, 2.24) is 10.2 Å². The first-order chi connectivity index (χ1) is 16.0. The van der Waals surface area contributed by atoms with E-state index in [0.717, 1.165) is 25.7 Å². The van der Waals surface area contributed by atoms with Crippen LogP contribution in [0.5, 0.6) is 5.75 Å². The fraction of sp³-hybridized carbons (Fsp3) is 0.333.